The van der Waals surface area contributed by atoms with E-state index in [1.165, 1.54) is 37.3 Å². The summed E-state index contributed by atoms with van der Waals surface area (Å²) in [6.45, 7) is 0. The van der Waals surface area contributed by atoms with E-state index in [4.69, 9.17) is 0 Å². The molecule has 18 heavy (non-hydrogen) atoms. The summed E-state index contributed by atoms with van der Waals surface area (Å²) >= 11 is 1.42. The van der Waals surface area contributed by atoms with Crippen LogP contribution in [-0.4, -0.2) is 46.4 Å². The second-order valence-electron chi connectivity index (χ2n) is 4.68. The molecule has 0 radical (unpaired) electrons. The number of rotatable bonds is 5. The molecule has 1 aliphatic rings. The highest BCUT2D eigenvalue weighted by Crippen LogP contribution is 2.30. The van der Waals surface area contributed by atoms with Crippen molar-refractivity contribution in [1.29, 1.82) is 0 Å². The van der Waals surface area contributed by atoms with E-state index in [2.05, 4.69) is 15.5 Å². The third-order valence-electron chi connectivity index (χ3n) is 3.07. The molecule has 6 nitrogen and oxygen atoms in total. The van der Waals surface area contributed by atoms with E-state index >= 15 is 0 Å². The maximum absolute atomic E-state index is 11.1. The second kappa shape index (κ2) is 6.01. The smallest absolute Gasteiger partial charge is 0.209 e. The molecule has 1 saturated carbocycles. The highest BCUT2D eigenvalue weighted by molar-refractivity contribution is 8.00. The molecule has 102 valence electrons. The lowest BCUT2D eigenvalue weighted by atomic mass is 9.96. The molecule has 0 aliphatic heterocycles. The first-order valence-corrected chi connectivity index (χ1v) is 9.19. The quantitative estimate of drug-likeness (QED) is 0.761. The standard InChI is InChI=1S/C10H18N4O2S2/c1-18(15,16)8-7-17-10-11-12-13-14(10)9-5-3-2-4-6-9/h9H,2-8H2,1H3. The zero-order valence-corrected chi connectivity index (χ0v) is 12.1. The highest BCUT2D eigenvalue weighted by atomic mass is 32.2. The van der Waals surface area contributed by atoms with Crippen LogP contribution in [0.4, 0.5) is 0 Å². The van der Waals surface area contributed by atoms with E-state index in [0.717, 1.165) is 18.0 Å². The number of hydrogen-bond donors (Lipinski definition) is 0. The van der Waals surface area contributed by atoms with Gasteiger partial charge in [-0.2, -0.15) is 0 Å². The fourth-order valence-electron chi connectivity index (χ4n) is 2.12. The van der Waals surface area contributed by atoms with Gasteiger partial charge in [-0.1, -0.05) is 31.0 Å². The Morgan fingerprint density at radius 1 is 1.33 bits per heavy atom. The molecule has 1 heterocycles. The van der Waals surface area contributed by atoms with Gasteiger partial charge in [0.2, 0.25) is 5.16 Å². The number of sulfone groups is 1. The lowest BCUT2D eigenvalue weighted by molar-refractivity contribution is 0.307. The van der Waals surface area contributed by atoms with E-state index < -0.39 is 9.84 Å². The molecular weight excluding hydrogens is 272 g/mol. The van der Waals surface area contributed by atoms with Gasteiger partial charge in [-0.25, -0.2) is 13.1 Å². The van der Waals surface area contributed by atoms with Crippen LogP contribution in [0.1, 0.15) is 38.1 Å². The minimum Gasteiger partial charge on any atom is -0.229 e. The molecule has 1 aliphatic carbocycles. The van der Waals surface area contributed by atoms with Crippen molar-refractivity contribution in [2.45, 2.75) is 43.3 Å². The van der Waals surface area contributed by atoms with Crippen molar-refractivity contribution in [3.8, 4) is 0 Å². The molecule has 2 rings (SSSR count). The van der Waals surface area contributed by atoms with Crippen molar-refractivity contribution < 1.29 is 8.42 Å². The van der Waals surface area contributed by atoms with Crippen LogP contribution >= 0.6 is 11.8 Å². The number of thioether (sulfide) groups is 1. The second-order valence-corrected chi connectivity index (χ2v) is 8.00. The van der Waals surface area contributed by atoms with Gasteiger partial charge in [-0.15, -0.1) is 5.10 Å². The maximum atomic E-state index is 11.1. The predicted octanol–water partition coefficient (Wildman–Crippen LogP) is 1.31. The Morgan fingerprint density at radius 2 is 2.06 bits per heavy atom. The van der Waals surface area contributed by atoms with Gasteiger partial charge in [0.1, 0.15) is 9.84 Å². The monoisotopic (exact) mass is 290 g/mol. The highest BCUT2D eigenvalue weighted by Gasteiger charge is 2.20. The largest absolute Gasteiger partial charge is 0.229 e. The summed E-state index contributed by atoms with van der Waals surface area (Å²) in [5, 5.41) is 12.5. The molecule has 1 aromatic heterocycles. The van der Waals surface area contributed by atoms with Crippen LogP contribution in [0.3, 0.4) is 0 Å². The Balaban J connectivity index is 1.94. The molecule has 0 unspecified atom stereocenters. The topological polar surface area (TPSA) is 77.7 Å². The summed E-state index contributed by atoms with van der Waals surface area (Å²) in [7, 11) is -2.91. The number of nitrogens with zero attached hydrogens (tertiary/aromatic N) is 4. The Kier molecular flexibility index (Phi) is 4.60. The van der Waals surface area contributed by atoms with Gasteiger partial charge in [0.05, 0.1) is 11.8 Å². The van der Waals surface area contributed by atoms with Crippen molar-refractivity contribution in [1.82, 2.24) is 20.2 Å². The lowest BCUT2D eigenvalue weighted by Gasteiger charge is -2.21. The number of hydrogen-bond acceptors (Lipinski definition) is 6. The van der Waals surface area contributed by atoms with E-state index in [0.29, 0.717) is 11.8 Å². The fourth-order valence-corrected chi connectivity index (χ4v) is 4.26. The van der Waals surface area contributed by atoms with Crippen molar-refractivity contribution >= 4 is 21.6 Å². The van der Waals surface area contributed by atoms with Crippen molar-refractivity contribution in [2.24, 2.45) is 0 Å². The molecule has 0 amide bonds. The number of tetrazole rings is 1. The average Bonchev–Trinajstić information content (AvgIpc) is 2.77. The minimum atomic E-state index is -2.91. The molecular formula is C10H18N4O2S2. The van der Waals surface area contributed by atoms with E-state index in [-0.39, 0.29) is 5.75 Å². The SMILES string of the molecule is CS(=O)(=O)CCSc1nnnn1C1CCCCC1. The summed E-state index contributed by atoms with van der Waals surface area (Å²) in [6, 6.07) is 0.384. The van der Waals surface area contributed by atoms with Crippen LogP contribution in [0.25, 0.3) is 0 Å². The lowest BCUT2D eigenvalue weighted by Crippen LogP contribution is -2.15. The first-order valence-electron chi connectivity index (χ1n) is 6.14. The van der Waals surface area contributed by atoms with Gasteiger partial charge in [-0.3, -0.25) is 0 Å². The number of aromatic nitrogens is 4. The Morgan fingerprint density at radius 3 is 2.72 bits per heavy atom. The van der Waals surface area contributed by atoms with Crippen molar-refractivity contribution in [2.75, 3.05) is 17.8 Å². The first kappa shape index (κ1) is 13.8. The van der Waals surface area contributed by atoms with E-state index in [9.17, 15) is 8.42 Å². The Bertz CT molecular complexity index is 480. The van der Waals surface area contributed by atoms with Gasteiger partial charge in [0, 0.05) is 12.0 Å². The molecule has 0 spiro atoms. The van der Waals surface area contributed by atoms with Gasteiger partial charge in [-0.05, 0) is 23.3 Å². The van der Waals surface area contributed by atoms with E-state index in [1.807, 2.05) is 4.68 Å². The summed E-state index contributed by atoms with van der Waals surface area (Å²) in [5.74, 6) is 0.668. The maximum Gasteiger partial charge on any atom is 0.209 e. The molecule has 0 saturated heterocycles. The van der Waals surface area contributed by atoms with Crippen molar-refractivity contribution in [3.05, 3.63) is 0 Å². The summed E-state index contributed by atoms with van der Waals surface area (Å²) < 4.78 is 24.0. The molecule has 1 aromatic rings. The van der Waals surface area contributed by atoms with Crippen LogP contribution in [0.15, 0.2) is 5.16 Å². The zero-order valence-electron chi connectivity index (χ0n) is 10.4. The van der Waals surface area contributed by atoms with Crippen LogP contribution in [0.5, 0.6) is 0 Å². The van der Waals surface area contributed by atoms with Gasteiger partial charge in [0.15, 0.2) is 0 Å². The van der Waals surface area contributed by atoms with E-state index in [1.54, 1.807) is 0 Å². The molecule has 1 fully saturated rings. The predicted molar refractivity (Wildman–Crippen MR) is 70.4 cm³/mol. The third kappa shape index (κ3) is 3.94. The summed E-state index contributed by atoms with van der Waals surface area (Å²) in [5.41, 5.74) is 0. The minimum absolute atomic E-state index is 0.162. The fraction of sp³-hybridized carbons (Fsp3) is 0.900. The van der Waals surface area contributed by atoms with Gasteiger partial charge in [0.25, 0.3) is 0 Å². The summed E-state index contributed by atoms with van der Waals surface area (Å²) in [4.78, 5) is 0. The van der Waals surface area contributed by atoms with Gasteiger partial charge >= 0.3 is 0 Å². The molecule has 0 N–H and O–H groups in total. The van der Waals surface area contributed by atoms with Gasteiger partial charge < -0.3 is 0 Å². The normalized spacial score (nSPS) is 18.1. The van der Waals surface area contributed by atoms with Crippen LogP contribution < -0.4 is 0 Å². The molecule has 0 bridgehead atoms. The Labute approximate surface area is 111 Å². The van der Waals surface area contributed by atoms with Crippen LogP contribution in [0, 0.1) is 0 Å². The average molecular weight is 290 g/mol. The Hall–Kier alpha value is -0.630. The zero-order chi connectivity index (χ0) is 13.0. The first-order chi connectivity index (χ1) is 8.56. The summed E-state index contributed by atoms with van der Waals surface area (Å²) in [6.07, 6.45) is 7.21. The molecule has 8 heteroatoms. The van der Waals surface area contributed by atoms with Crippen LogP contribution in [0.2, 0.25) is 0 Å². The van der Waals surface area contributed by atoms with Crippen LogP contribution in [-0.2, 0) is 9.84 Å². The molecule has 0 aromatic carbocycles. The van der Waals surface area contributed by atoms with Crippen molar-refractivity contribution in [3.63, 3.8) is 0 Å². The third-order valence-corrected chi connectivity index (χ3v) is 5.21. The molecule has 0 atom stereocenters.